The minimum atomic E-state index is -0.126. The van der Waals surface area contributed by atoms with Crippen molar-refractivity contribution < 1.29 is 9.53 Å². The third-order valence-electron chi connectivity index (χ3n) is 4.24. The maximum absolute atomic E-state index is 12.9. The van der Waals surface area contributed by atoms with E-state index in [1.54, 1.807) is 36.4 Å². The van der Waals surface area contributed by atoms with Gasteiger partial charge in [0.15, 0.2) is 0 Å². The molecular formula is C20H23N3O2S. The van der Waals surface area contributed by atoms with Crippen molar-refractivity contribution in [3.8, 4) is 0 Å². The standard InChI is InChI=1S/C20H23N3O2S/c1-14-9-10-26-19(14)17(11-15-7-5-4-6-8-15)21-20(24)16-12-23(2)22-18(16)13-25-3/h4-10,12,17H,11,13H2,1-3H3,(H,21,24). The first-order valence-corrected chi connectivity index (χ1v) is 9.36. The molecule has 0 aliphatic rings. The number of ether oxygens (including phenoxy) is 1. The molecule has 1 unspecified atom stereocenters. The SMILES string of the molecule is COCc1nn(C)cc1C(=O)NC(Cc1ccccc1)c1sccc1C. The molecule has 0 saturated carbocycles. The third-order valence-corrected chi connectivity index (χ3v) is 5.37. The molecule has 6 heteroatoms. The highest BCUT2D eigenvalue weighted by atomic mass is 32.1. The van der Waals surface area contributed by atoms with E-state index >= 15 is 0 Å². The molecular weight excluding hydrogens is 346 g/mol. The Morgan fingerprint density at radius 1 is 1.31 bits per heavy atom. The van der Waals surface area contributed by atoms with Crippen LogP contribution in [0.25, 0.3) is 0 Å². The summed E-state index contributed by atoms with van der Waals surface area (Å²) < 4.78 is 6.81. The van der Waals surface area contributed by atoms with E-state index in [9.17, 15) is 4.79 Å². The summed E-state index contributed by atoms with van der Waals surface area (Å²) in [5.41, 5.74) is 3.59. The molecule has 136 valence electrons. The van der Waals surface area contributed by atoms with Crippen LogP contribution in [0.15, 0.2) is 48.0 Å². The molecule has 0 aliphatic heterocycles. The van der Waals surface area contributed by atoms with Gasteiger partial charge in [-0.1, -0.05) is 30.3 Å². The molecule has 2 heterocycles. The number of aromatic nitrogens is 2. The Balaban J connectivity index is 1.86. The lowest BCUT2D eigenvalue weighted by Crippen LogP contribution is -2.30. The van der Waals surface area contributed by atoms with Crippen LogP contribution in [0.2, 0.25) is 0 Å². The molecule has 3 rings (SSSR count). The molecule has 0 saturated heterocycles. The topological polar surface area (TPSA) is 56.2 Å². The fraction of sp³-hybridized carbons (Fsp3) is 0.300. The summed E-state index contributed by atoms with van der Waals surface area (Å²) in [4.78, 5) is 14.1. The zero-order valence-electron chi connectivity index (χ0n) is 15.2. The Morgan fingerprint density at radius 2 is 2.08 bits per heavy atom. The van der Waals surface area contributed by atoms with Gasteiger partial charge in [-0.05, 0) is 35.9 Å². The number of carbonyl (C=O) groups excluding carboxylic acids is 1. The van der Waals surface area contributed by atoms with Crippen LogP contribution in [0.5, 0.6) is 0 Å². The van der Waals surface area contributed by atoms with Crippen molar-refractivity contribution in [3.63, 3.8) is 0 Å². The van der Waals surface area contributed by atoms with Gasteiger partial charge in [0, 0.05) is 25.2 Å². The van der Waals surface area contributed by atoms with Gasteiger partial charge in [-0.3, -0.25) is 9.48 Å². The second kappa shape index (κ2) is 8.29. The number of hydrogen-bond donors (Lipinski definition) is 1. The van der Waals surface area contributed by atoms with Gasteiger partial charge in [0.05, 0.1) is 18.2 Å². The van der Waals surface area contributed by atoms with Crippen molar-refractivity contribution >= 4 is 17.2 Å². The van der Waals surface area contributed by atoms with Gasteiger partial charge in [-0.15, -0.1) is 11.3 Å². The molecule has 1 N–H and O–H groups in total. The Kier molecular flexibility index (Phi) is 5.85. The van der Waals surface area contributed by atoms with Crippen molar-refractivity contribution in [2.45, 2.75) is 26.0 Å². The number of hydrogen-bond acceptors (Lipinski definition) is 4. The van der Waals surface area contributed by atoms with Crippen LogP contribution in [-0.4, -0.2) is 22.8 Å². The predicted molar refractivity (Wildman–Crippen MR) is 103 cm³/mol. The first kappa shape index (κ1) is 18.4. The highest BCUT2D eigenvalue weighted by Crippen LogP contribution is 2.27. The summed E-state index contributed by atoms with van der Waals surface area (Å²) >= 11 is 1.67. The van der Waals surface area contributed by atoms with Gasteiger partial charge in [-0.2, -0.15) is 5.10 Å². The maximum Gasteiger partial charge on any atom is 0.255 e. The number of nitrogens with one attached hydrogen (secondary N) is 1. The van der Waals surface area contributed by atoms with Crippen LogP contribution < -0.4 is 5.32 Å². The van der Waals surface area contributed by atoms with E-state index in [0.717, 1.165) is 6.42 Å². The number of benzene rings is 1. The zero-order valence-corrected chi connectivity index (χ0v) is 16.0. The third kappa shape index (κ3) is 4.20. The van der Waals surface area contributed by atoms with Gasteiger partial charge in [-0.25, -0.2) is 0 Å². The van der Waals surface area contributed by atoms with Crippen LogP contribution >= 0.6 is 11.3 Å². The number of methoxy groups -OCH3 is 1. The first-order chi connectivity index (χ1) is 12.6. The quantitative estimate of drug-likeness (QED) is 0.692. The molecule has 0 spiro atoms. The molecule has 1 amide bonds. The monoisotopic (exact) mass is 369 g/mol. The van der Waals surface area contributed by atoms with Gasteiger partial charge >= 0.3 is 0 Å². The summed E-state index contributed by atoms with van der Waals surface area (Å²) in [6, 6.07) is 12.2. The Labute approximate surface area is 157 Å². The molecule has 26 heavy (non-hydrogen) atoms. The molecule has 0 fully saturated rings. The van der Waals surface area contributed by atoms with E-state index in [1.165, 1.54) is 16.0 Å². The molecule has 3 aromatic rings. The Morgan fingerprint density at radius 3 is 2.73 bits per heavy atom. The second-order valence-electron chi connectivity index (χ2n) is 6.28. The Bertz CT molecular complexity index is 870. The lowest BCUT2D eigenvalue weighted by Gasteiger charge is -2.19. The van der Waals surface area contributed by atoms with Crippen molar-refractivity contribution in [3.05, 3.63) is 75.2 Å². The number of carbonyl (C=O) groups is 1. The van der Waals surface area contributed by atoms with Crippen molar-refractivity contribution in [2.75, 3.05) is 7.11 Å². The van der Waals surface area contributed by atoms with Crippen molar-refractivity contribution in [1.82, 2.24) is 15.1 Å². The van der Waals surface area contributed by atoms with Crippen LogP contribution in [0, 0.1) is 6.92 Å². The van der Waals surface area contributed by atoms with Crippen LogP contribution in [0.3, 0.4) is 0 Å². The minimum absolute atomic E-state index is 0.0829. The number of aryl methyl sites for hydroxylation is 2. The van der Waals surface area contributed by atoms with E-state index in [1.807, 2.05) is 18.2 Å². The second-order valence-corrected chi connectivity index (χ2v) is 7.23. The molecule has 5 nitrogen and oxygen atoms in total. The molecule has 0 radical (unpaired) electrons. The van der Waals surface area contributed by atoms with Crippen LogP contribution in [-0.2, 0) is 24.8 Å². The zero-order chi connectivity index (χ0) is 18.5. The highest BCUT2D eigenvalue weighted by molar-refractivity contribution is 7.10. The van der Waals surface area contributed by atoms with Gasteiger partial charge in [0.25, 0.3) is 5.91 Å². The lowest BCUT2D eigenvalue weighted by atomic mass is 10.0. The van der Waals surface area contributed by atoms with E-state index in [-0.39, 0.29) is 11.9 Å². The average molecular weight is 369 g/mol. The molecule has 1 aromatic carbocycles. The van der Waals surface area contributed by atoms with Crippen molar-refractivity contribution in [1.29, 1.82) is 0 Å². The van der Waals surface area contributed by atoms with E-state index in [4.69, 9.17) is 4.74 Å². The fourth-order valence-corrected chi connectivity index (χ4v) is 3.98. The number of thiophene rings is 1. The maximum atomic E-state index is 12.9. The predicted octanol–water partition coefficient (Wildman–Crippen LogP) is 3.65. The van der Waals surface area contributed by atoms with Gasteiger partial charge in [0.1, 0.15) is 5.69 Å². The summed E-state index contributed by atoms with van der Waals surface area (Å²) in [7, 11) is 3.41. The largest absolute Gasteiger partial charge is 0.378 e. The van der Waals surface area contributed by atoms with E-state index < -0.39 is 0 Å². The summed E-state index contributed by atoms with van der Waals surface area (Å²) in [5.74, 6) is -0.126. The van der Waals surface area contributed by atoms with Crippen molar-refractivity contribution in [2.24, 2.45) is 7.05 Å². The molecule has 0 bridgehead atoms. The molecule has 2 aromatic heterocycles. The van der Waals surface area contributed by atoms with Crippen LogP contribution in [0.4, 0.5) is 0 Å². The van der Waals surface area contributed by atoms with E-state index in [2.05, 4.69) is 40.9 Å². The summed E-state index contributed by atoms with van der Waals surface area (Å²) in [6.07, 6.45) is 2.48. The van der Waals surface area contributed by atoms with Gasteiger partial charge in [0.2, 0.25) is 0 Å². The lowest BCUT2D eigenvalue weighted by molar-refractivity contribution is 0.0932. The number of amides is 1. The van der Waals surface area contributed by atoms with Gasteiger partial charge < -0.3 is 10.1 Å². The first-order valence-electron chi connectivity index (χ1n) is 8.48. The average Bonchev–Trinajstić information content (AvgIpc) is 3.21. The number of nitrogens with zero attached hydrogens (tertiary/aromatic N) is 2. The smallest absolute Gasteiger partial charge is 0.255 e. The van der Waals surface area contributed by atoms with Crippen LogP contribution in [0.1, 0.15) is 38.1 Å². The normalized spacial score (nSPS) is 12.1. The molecule has 1 atom stereocenters. The Hall–Kier alpha value is -2.44. The minimum Gasteiger partial charge on any atom is -0.378 e. The summed E-state index contributed by atoms with van der Waals surface area (Å²) in [6.45, 7) is 2.39. The van der Waals surface area contributed by atoms with E-state index in [0.29, 0.717) is 17.9 Å². The fourth-order valence-electron chi connectivity index (χ4n) is 3.00. The highest BCUT2D eigenvalue weighted by Gasteiger charge is 2.22. The summed E-state index contributed by atoms with van der Waals surface area (Å²) in [5, 5.41) is 9.59. The molecule has 0 aliphatic carbocycles. The number of rotatable bonds is 7.